The molecule has 0 atom stereocenters. The third-order valence-corrected chi connectivity index (χ3v) is 3.12. The van der Waals surface area contributed by atoms with Crippen LogP contribution in [0, 0.1) is 6.92 Å². The van der Waals surface area contributed by atoms with E-state index < -0.39 is 5.97 Å². The lowest BCUT2D eigenvalue weighted by atomic mass is 10.1. The summed E-state index contributed by atoms with van der Waals surface area (Å²) in [5, 5.41) is 25.5. The molecule has 100 valence electrons. The van der Waals surface area contributed by atoms with Crippen molar-refractivity contribution in [1.82, 2.24) is 10.2 Å². The van der Waals surface area contributed by atoms with Gasteiger partial charge in [-0.2, -0.15) is 5.10 Å². The summed E-state index contributed by atoms with van der Waals surface area (Å²) < 4.78 is 5.08. The molecule has 0 radical (unpaired) electrons. The zero-order chi connectivity index (χ0) is 14.2. The van der Waals surface area contributed by atoms with Gasteiger partial charge in [-0.1, -0.05) is 11.6 Å². The van der Waals surface area contributed by atoms with Crippen LogP contribution in [0.15, 0.2) is 12.1 Å². The Morgan fingerprint density at radius 1 is 1.47 bits per heavy atom. The number of phenolic OH excluding ortho intramolecular Hbond substituents is 1. The van der Waals surface area contributed by atoms with Gasteiger partial charge < -0.3 is 14.9 Å². The van der Waals surface area contributed by atoms with Crippen molar-refractivity contribution in [2.75, 3.05) is 7.11 Å². The quantitative estimate of drug-likeness (QED) is 0.803. The van der Waals surface area contributed by atoms with E-state index >= 15 is 0 Å². The van der Waals surface area contributed by atoms with Gasteiger partial charge in [-0.25, -0.2) is 4.79 Å². The Hall–Kier alpha value is -2.21. The highest BCUT2D eigenvalue weighted by molar-refractivity contribution is 6.32. The molecule has 0 saturated heterocycles. The third kappa shape index (κ3) is 2.22. The SMILES string of the molecule is COc1c(C)c(Cl)cc(-c2cc(C(=O)O)[nH]n2)c1O. The number of ether oxygens (including phenoxy) is 1. The first-order valence-electron chi connectivity index (χ1n) is 5.30. The number of H-pyrrole nitrogens is 1. The monoisotopic (exact) mass is 282 g/mol. The second kappa shape index (κ2) is 4.81. The molecule has 0 saturated carbocycles. The van der Waals surface area contributed by atoms with E-state index in [0.29, 0.717) is 16.1 Å². The van der Waals surface area contributed by atoms with Crippen LogP contribution in [0.4, 0.5) is 0 Å². The fourth-order valence-corrected chi connectivity index (χ4v) is 1.92. The molecule has 6 nitrogen and oxygen atoms in total. The van der Waals surface area contributed by atoms with E-state index in [0.717, 1.165) is 0 Å². The van der Waals surface area contributed by atoms with Gasteiger partial charge in [0.05, 0.1) is 12.8 Å². The van der Waals surface area contributed by atoms with Gasteiger partial charge in [0.2, 0.25) is 0 Å². The van der Waals surface area contributed by atoms with Gasteiger partial charge in [0.15, 0.2) is 11.5 Å². The van der Waals surface area contributed by atoms with Crippen molar-refractivity contribution in [3.05, 3.63) is 28.4 Å². The number of aromatic hydroxyl groups is 1. The Kier molecular flexibility index (Phi) is 3.35. The lowest BCUT2D eigenvalue weighted by Crippen LogP contribution is -1.95. The summed E-state index contributed by atoms with van der Waals surface area (Å²) in [5.41, 5.74) is 1.09. The predicted molar refractivity (Wildman–Crippen MR) is 68.9 cm³/mol. The number of hydrogen-bond donors (Lipinski definition) is 3. The molecule has 0 aliphatic carbocycles. The molecule has 0 fully saturated rings. The molecule has 0 spiro atoms. The summed E-state index contributed by atoms with van der Waals surface area (Å²) >= 11 is 6.04. The van der Waals surface area contributed by atoms with Gasteiger partial charge in [0, 0.05) is 16.1 Å². The molecule has 7 heteroatoms. The number of carboxylic acid groups (broad SMARTS) is 1. The van der Waals surface area contributed by atoms with E-state index in [9.17, 15) is 9.90 Å². The minimum atomic E-state index is -1.14. The van der Waals surface area contributed by atoms with Crippen LogP contribution in [0.3, 0.4) is 0 Å². The van der Waals surface area contributed by atoms with E-state index in [1.807, 2.05) is 0 Å². The molecule has 19 heavy (non-hydrogen) atoms. The standard InChI is InChI=1S/C12H11ClN2O4/c1-5-7(13)3-6(10(16)11(5)19-2)8-4-9(12(17)18)15-14-8/h3-4,16H,1-2H3,(H,14,15)(H,17,18). The number of aromatic amines is 1. The maximum absolute atomic E-state index is 10.8. The first-order chi connectivity index (χ1) is 8.95. The Morgan fingerprint density at radius 2 is 2.16 bits per heavy atom. The minimum Gasteiger partial charge on any atom is -0.504 e. The second-order valence-electron chi connectivity index (χ2n) is 3.88. The number of nitrogens with one attached hydrogen (secondary N) is 1. The molecule has 1 aromatic heterocycles. The molecular formula is C12H11ClN2O4. The van der Waals surface area contributed by atoms with Crippen LogP contribution in [0.25, 0.3) is 11.3 Å². The lowest BCUT2D eigenvalue weighted by Gasteiger charge is -2.11. The fourth-order valence-electron chi connectivity index (χ4n) is 1.73. The van der Waals surface area contributed by atoms with Gasteiger partial charge in [0.25, 0.3) is 0 Å². The average molecular weight is 283 g/mol. The second-order valence-corrected chi connectivity index (χ2v) is 4.29. The highest BCUT2D eigenvalue weighted by Gasteiger charge is 2.19. The van der Waals surface area contributed by atoms with Crippen LogP contribution in [0.5, 0.6) is 11.5 Å². The zero-order valence-electron chi connectivity index (χ0n) is 10.2. The molecule has 1 aromatic carbocycles. The van der Waals surface area contributed by atoms with Crippen molar-refractivity contribution in [3.63, 3.8) is 0 Å². The lowest BCUT2D eigenvalue weighted by molar-refractivity contribution is 0.0690. The van der Waals surface area contributed by atoms with Gasteiger partial charge in [0.1, 0.15) is 5.69 Å². The van der Waals surface area contributed by atoms with Crippen molar-refractivity contribution in [1.29, 1.82) is 0 Å². The molecular weight excluding hydrogens is 272 g/mol. The zero-order valence-corrected chi connectivity index (χ0v) is 10.9. The minimum absolute atomic E-state index is 0.0786. The molecule has 0 aliphatic rings. The van der Waals surface area contributed by atoms with Gasteiger partial charge >= 0.3 is 5.97 Å². The number of carbonyl (C=O) groups is 1. The van der Waals surface area contributed by atoms with Crippen LogP contribution in [0.1, 0.15) is 16.1 Å². The normalized spacial score (nSPS) is 10.5. The first-order valence-corrected chi connectivity index (χ1v) is 5.68. The Labute approximate surface area is 113 Å². The summed E-state index contributed by atoms with van der Waals surface area (Å²) in [6.45, 7) is 1.71. The summed E-state index contributed by atoms with van der Waals surface area (Å²) in [7, 11) is 1.41. The molecule has 1 heterocycles. The van der Waals surface area contributed by atoms with E-state index in [4.69, 9.17) is 21.4 Å². The number of aromatic nitrogens is 2. The number of carboxylic acids is 1. The number of rotatable bonds is 3. The molecule has 0 bridgehead atoms. The summed E-state index contributed by atoms with van der Waals surface area (Å²) in [6, 6.07) is 2.82. The van der Waals surface area contributed by atoms with E-state index in [1.54, 1.807) is 6.92 Å². The molecule has 2 aromatic rings. The summed E-state index contributed by atoms with van der Waals surface area (Å²) in [5.74, 6) is -1.03. The molecule has 3 N–H and O–H groups in total. The maximum Gasteiger partial charge on any atom is 0.353 e. The molecule has 2 rings (SSSR count). The number of nitrogens with zero attached hydrogens (tertiary/aromatic N) is 1. The predicted octanol–water partition coefficient (Wildman–Crippen LogP) is 2.45. The van der Waals surface area contributed by atoms with Crippen LogP contribution < -0.4 is 4.74 Å². The van der Waals surface area contributed by atoms with Gasteiger partial charge in [-0.3, -0.25) is 5.10 Å². The number of aromatic carboxylic acids is 1. The van der Waals surface area contributed by atoms with Crippen molar-refractivity contribution in [2.45, 2.75) is 6.92 Å². The third-order valence-electron chi connectivity index (χ3n) is 2.73. The number of methoxy groups -OCH3 is 1. The number of halogens is 1. The van der Waals surface area contributed by atoms with E-state index in [-0.39, 0.29) is 22.9 Å². The van der Waals surface area contributed by atoms with E-state index in [2.05, 4.69) is 10.2 Å². The molecule has 0 amide bonds. The molecule has 0 unspecified atom stereocenters. The molecule has 0 aliphatic heterocycles. The average Bonchev–Trinajstić information content (AvgIpc) is 2.84. The van der Waals surface area contributed by atoms with Crippen LogP contribution in [0.2, 0.25) is 5.02 Å². The van der Waals surface area contributed by atoms with E-state index in [1.165, 1.54) is 19.2 Å². The Morgan fingerprint density at radius 3 is 2.68 bits per heavy atom. The fraction of sp³-hybridized carbons (Fsp3) is 0.167. The highest BCUT2D eigenvalue weighted by Crippen LogP contribution is 2.42. The number of hydrogen-bond acceptors (Lipinski definition) is 4. The topological polar surface area (TPSA) is 95.4 Å². The number of benzene rings is 1. The van der Waals surface area contributed by atoms with Crippen molar-refractivity contribution < 1.29 is 19.7 Å². The largest absolute Gasteiger partial charge is 0.504 e. The van der Waals surface area contributed by atoms with Gasteiger partial charge in [-0.15, -0.1) is 0 Å². The Bertz CT molecular complexity index is 651. The van der Waals surface area contributed by atoms with Crippen molar-refractivity contribution in [2.24, 2.45) is 0 Å². The van der Waals surface area contributed by atoms with Crippen LogP contribution in [-0.4, -0.2) is 33.5 Å². The first kappa shape index (κ1) is 13.2. The summed E-state index contributed by atoms with van der Waals surface area (Å²) in [6.07, 6.45) is 0. The van der Waals surface area contributed by atoms with Crippen molar-refractivity contribution in [3.8, 4) is 22.8 Å². The maximum atomic E-state index is 10.8. The van der Waals surface area contributed by atoms with Gasteiger partial charge in [-0.05, 0) is 19.1 Å². The van der Waals surface area contributed by atoms with Crippen LogP contribution >= 0.6 is 11.6 Å². The van der Waals surface area contributed by atoms with Crippen LogP contribution in [-0.2, 0) is 0 Å². The Balaban J connectivity index is 2.61. The highest BCUT2D eigenvalue weighted by atomic mass is 35.5. The van der Waals surface area contributed by atoms with Crippen molar-refractivity contribution >= 4 is 17.6 Å². The summed E-state index contributed by atoms with van der Waals surface area (Å²) in [4.78, 5) is 10.8. The smallest absolute Gasteiger partial charge is 0.353 e. The number of phenols is 1.